The van der Waals surface area contributed by atoms with Gasteiger partial charge in [-0.25, -0.2) is 27.2 Å². The Bertz CT molecular complexity index is 4310. The largest absolute Gasteiger partial charge is 0.496 e. The van der Waals surface area contributed by atoms with Crippen molar-refractivity contribution in [2.24, 2.45) is 0 Å². The van der Waals surface area contributed by atoms with E-state index in [4.69, 9.17) is 25.8 Å². The molecule has 24 heteroatoms. The lowest BCUT2D eigenvalue weighted by Crippen LogP contribution is -2.66. The normalized spacial score (nSPS) is 18.3. The van der Waals surface area contributed by atoms with Gasteiger partial charge < -0.3 is 43.6 Å². The molecule has 2 saturated heterocycles. The maximum Gasteiger partial charge on any atom is 0.410 e. The summed E-state index contributed by atoms with van der Waals surface area (Å²) in [6.07, 6.45) is 2.08. The highest BCUT2D eigenvalue weighted by Gasteiger charge is 2.50. The molecule has 2 fully saturated rings. The fraction of sp³-hybridized carbons (Fsp3) is 0.433. The number of aryl methyl sites for hydroxylation is 2. The second-order valence-electron chi connectivity index (χ2n) is 26.3. The Morgan fingerprint density at radius 1 is 0.593 bits per heavy atom. The molecule has 0 radical (unpaired) electrons. The van der Waals surface area contributed by atoms with Gasteiger partial charge in [0.1, 0.15) is 57.1 Å². The van der Waals surface area contributed by atoms with Crippen molar-refractivity contribution in [3.8, 4) is 28.3 Å². The predicted octanol–water partition coefficient (Wildman–Crippen LogP) is 12.1. The monoisotopic (exact) mass is 1270 g/mol. The summed E-state index contributed by atoms with van der Waals surface area (Å²) in [7, 11) is 4.34. The van der Waals surface area contributed by atoms with Crippen molar-refractivity contribution in [3.05, 3.63) is 132 Å². The number of amides is 4. The molecule has 8 heterocycles. The minimum absolute atomic E-state index is 0.0199. The van der Waals surface area contributed by atoms with Crippen molar-refractivity contribution < 1.29 is 51.0 Å². The molecule has 7 aromatic rings. The van der Waals surface area contributed by atoms with Crippen LogP contribution in [-0.2, 0) is 19.1 Å². The molecule has 4 aliphatic rings. The van der Waals surface area contributed by atoms with E-state index in [0.717, 1.165) is 10.6 Å². The van der Waals surface area contributed by atoms with Crippen molar-refractivity contribution in [3.63, 3.8) is 0 Å². The number of benzene rings is 3. The number of carbonyl (C=O) groups is 4. The number of hydrogen-bond donors (Lipinski definition) is 0. The van der Waals surface area contributed by atoms with Gasteiger partial charge in [0.2, 0.25) is 0 Å². The average molecular weight is 1280 g/mol. The first-order valence-electron chi connectivity index (χ1n) is 30.1. The second-order valence-corrected chi connectivity index (χ2v) is 26.7. The lowest BCUT2D eigenvalue weighted by atomic mass is 9.95. The fourth-order valence-corrected chi connectivity index (χ4v) is 13.0. The van der Waals surface area contributed by atoms with Crippen LogP contribution in [0.2, 0.25) is 5.02 Å². The number of likely N-dealkylation sites (N-methyl/N-ethyl adjacent to an activating group) is 2. The first-order chi connectivity index (χ1) is 42.6. The van der Waals surface area contributed by atoms with Gasteiger partial charge in [-0.3, -0.25) is 38.3 Å². The van der Waals surface area contributed by atoms with E-state index < -0.39 is 98.8 Å². The van der Waals surface area contributed by atoms with Crippen LogP contribution in [0.15, 0.2) is 70.5 Å². The van der Waals surface area contributed by atoms with Crippen LogP contribution in [0.25, 0.3) is 44.3 Å². The van der Waals surface area contributed by atoms with E-state index in [0.29, 0.717) is 33.9 Å². The Kier molecular flexibility index (Phi) is 17.1. The number of methoxy groups -OCH3 is 1. The van der Waals surface area contributed by atoms with Gasteiger partial charge in [-0.15, -0.1) is 0 Å². The van der Waals surface area contributed by atoms with Gasteiger partial charge in [-0.1, -0.05) is 57.5 Å². The Morgan fingerprint density at radius 2 is 1.00 bits per heavy atom. The third kappa shape index (κ3) is 11.1. The molecule has 11 rings (SSSR count). The summed E-state index contributed by atoms with van der Waals surface area (Å²) in [5.74, 6) is -4.87. The number of nitrogens with zero attached hydrogens (tertiary/aromatic N) is 10. The first-order valence-corrected chi connectivity index (χ1v) is 30.5. The van der Waals surface area contributed by atoms with E-state index in [1.54, 1.807) is 128 Å². The van der Waals surface area contributed by atoms with Gasteiger partial charge in [-0.2, -0.15) is 0 Å². The van der Waals surface area contributed by atoms with Gasteiger partial charge in [0.25, 0.3) is 22.9 Å². The zero-order chi connectivity index (χ0) is 66.7. The summed E-state index contributed by atoms with van der Waals surface area (Å²) in [6.45, 7) is 25.5. The van der Waals surface area contributed by atoms with Crippen LogP contribution in [0.3, 0.4) is 0 Å². The number of ether oxygens (including phenoxy) is 3. The number of para-hydroxylation sites is 1. The molecule has 482 valence electrons. The highest BCUT2D eigenvalue weighted by Crippen LogP contribution is 2.48. The van der Waals surface area contributed by atoms with E-state index in [2.05, 4.69) is 9.97 Å². The van der Waals surface area contributed by atoms with Crippen molar-refractivity contribution in [1.82, 2.24) is 28.9 Å². The third-order valence-electron chi connectivity index (χ3n) is 17.0. The van der Waals surface area contributed by atoms with Gasteiger partial charge in [0, 0.05) is 68.0 Å². The van der Waals surface area contributed by atoms with Crippen LogP contribution in [0.1, 0.15) is 117 Å². The molecule has 0 bridgehead atoms. The second kappa shape index (κ2) is 23.8. The van der Waals surface area contributed by atoms with Crippen LogP contribution < -0.4 is 35.5 Å². The summed E-state index contributed by atoms with van der Waals surface area (Å²) in [5.41, 5.74) is 0.0329. The molecule has 0 N–H and O–H groups in total. The molecule has 19 nitrogen and oxygen atoms in total. The topological polar surface area (TPSA) is 185 Å². The van der Waals surface area contributed by atoms with Gasteiger partial charge >= 0.3 is 12.2 Å². The number of rotatable bonds is 6. The highest BCUT2D eigenvalue weighted by atomic mass is 35.5. The SMILES string of the molecule is COc1ccccc1-c1c(F)cc2c3c(c(=O)n(-c4c(C)ccnc4C(C)C)c2c1F)N(C)C(=O)[C@H]1CN(C(=O)OC(C)(C)C)[C@H](C)CN31.Cc1ccnc(C(C)C)c1-n1c(=O)c2c(c3cc(F)c(Cl)c(F)c31)N1C[C@@H](C)N(C(=O)OC(C)(C)C)C[C@@H]1C(=O)N2C. The minimum Gasteiger partial charge on any atom is -0.496 e. The summed E-state index contributed by atoms with van der Waals surface area (Å²) in [4.78, 5) is 101. The Labute approximate surface area is 529 Å². The average Bonchev–Trinajstić information content (AvgIpc) is 0.716. The standard InChI is InChI=1S/C37H41F2N5O5.C30H34ClF2N5O4/c1-19(2)29-30(20(3)14-15-40-29)44-31-23(16-24(38)27(28(31)39)22-12-10-11-13-26(22)48-9)32-33(35(44)46)41(8)34(45)25-18-42(21(4)17-43(25)32)36(47)49-37(5,6)7;1-14(2)22-23(15(3)9-10-34-22)38-24-17(11-18(32)20(31)21(24)33)25-26(28(38)40)35(8)27(39)19-13-36(16(4)12-37(19)25)29(41)42-30(5,6)7/h10-16,19,21,25H,17-18H2,1-9H3;9-11,14,16,19H,12-13H2,1-8H3/t21-,25-;16-,19-/m11/s1. The lowest BCUT2D eigenvalue weighted by molar-refractivity contribution is -0.121. The van der Waals surface area contributed by atoms with E-state index in [1.807, 2.05) is 27.7 Å². The maximum absolute atomic E-state index is 17.4. The van der Waals surface area contributed by atoms with Gasteiger partial charge in [0.15, 0.2) is 11.6 Å². The number of halogens is 5. The smallest absolute Gasteiger partial charge is 0.410 e. The van der Waals surface area contributed by atoms with Crippen LogP contribution in [0, 0.1) is 37.1 Å². The predicted molar refractivity (Wildman–Crippen MR) is 343 cm³/mol. The summed E-state index contributed by atoms with van der Waals surface area (Å²) < 4.78 is 84.3. The van der Waals surface area contributed by atoms with Gasteiger partial charge in [-0.05, 0) is 123 Å². The van der Waals surface area contributed by atoms with Gasteiger partial charge in [0.05, 0.1) is 70.9 Å². The molecule has 4 aliphatic heterocycles. The zero-order valence-electron chi connectivity index (χ0n) is 54.1. The number of hydrogen-bond acceptors (Lipinski definition) is 13. The number of anilines is 4. The Balaban J connectivity index is 0.000000202. The molecule has 4 amide bonds. The minimum atomic E-state index is -1.10. The zero-order valence-corrected chi connectivity index (χ0v) is 54.9. The van der Waals surface area contributed by atoms with Crippen molar-refractivity contribution in [2.45, 2.75) is 144 Å². The summed E-state index contributed by atoms with van der Waals surface area (Å²) in [6, 6.07) is 9.49. The van der Waals surface area contributed by atoms with E-state index >= 15 is 17.6 Å². The van der Waals surface area contributed by atoms with Crippen LogP contribution in [0.4, 0.5) is 49.9 Å². The van der Waals surface area contributed by atoms with E-state index in [9.17, 15) is 28.8 Å². The molecule has 91 heavy (non-hydrogen) atoms. The van der Waals surface area contributed by atoms with Crippen LogP contribution in [-0.4, -0.2) is 136 Å². The molecule has 3 aromatic carbocycles. The molecule has 0 aliphatic carbocycles. The number of piperazine rings is 2. The quantitative estimate of drug-likeness (QED) is 0.113. The Morgan fingerprint density at radius 3 is 1.41 bits per heavy atom. The molecular formula is C67H75ClF4N10O9. The van der Waals surface area contributed by atoms with Crippen molar-refractivity contribution in [1.29, 1.82) is 0 Å². The number of aromatic nitrogens is 4. The number of fused-ring (bicyclic) bond motifs is 10. The van der Waals surface area contributed by atoms with Crippen molar-refractivity contribution >= 4 is 80.2 Å². The van der Waals surface area contributed by atoms with Crippen LogP contribution >= 0.6 is 11.6 Å². The summed E-state index contributed by atoms with van der Waals surface area (Å²) in [5, 5.41) is -0.573. The number of pyridine rings is 4. The summed E-state index contributed by atoms with van der Waals surface area (Å²) >= 11 is 6.10. The van der Waals surface area contributed by atoms with E-state index in [-0.39, 0.29) is 99.4 Å². The molecular weight excluding hydrogens is 1200 g/mol. The molecule has 4 atom stereocenters. The molecule has 0 saturated carbocycles. The molecule has 0 unspecified atom stereocenters. The number of carbonyl (C=O) groups excluding carboxylic acids is 4. The lowest BCUT2D eigenvalue weighted by Gasteiger charge is -2.50. The van der Waals surface area contributed by atoms with Crippen LogP contribution in [0.5, 0.6) is 5.75 Å². The van der Waals surface area contributed by atoms with Crippen molar-refractivity contribution in [2.75, 3.05) is 67.0 Å². The first kappa shape index (κ1) is 65.2. The molecule has 4 aromatic heterocycles. The Hall–Kier alpha value is -8.73. The highest BCUT2D eigenvalue weighted by molar-refractivity contribution is 6.32. The third-order valence-corrected chi connectivity index (χ3v) is 17.3. The fourth-order valence-electron chi connectivity index (χ4n) is 12.8. The molecule has 0 spiro atoms. The van der Waals surface area contributed by atoms with E-state index in [1.165, 1.54) is 51.4 Å². The maximum atomic E-state index is 17.4.